The van der Waals surface area contributed by atoms with Crippen LogP contribution in [0.5, 0.6) is 0 Å². The zero-order valence-corrected chi connectivity index (χ0v) is 29.8. The van der Waals surface area contributed by atoms with E-state index in [0.29, 0.717) is 0 Å². The number of fused-ring (bicyclic) bond motifs is 3. The summed E-state index contributed by atoms with van der Waals surface area (Å²) in [5.41, 5.74) is -7.96. The largest absolute Gasteiger partial charge is 0.380 e. The molecule has 0 radical (unpaired) electrons. The minimum Gasteiger partial charge on any atom is -0.260 e. The molecule has 60 heavy (non-hydrogen) atoms. The molecule has 3 aromatic rings. The van der Waals surface area contributed by atoms with E-state index in [9.17, 15) is 107 Å². The SMILES string of the molecule is O=[N+]([O-])c1cc(S(=O)(=O)OCC(F)(F)C(F)(F)C(F)(F)C(F)F)cc2c1-c1c(cc(S(=O)(=O)OCC(F)(F)C(F)(F)C(F)(F)C(F)F)cc1[N+](=O)[O-])C2=Cc1ccccc1. The number of hydrogen-bond donors (Lipinski definition) is 0. The van der Waals surface area contributed by atoms with Crippen molar-refractivity contribution in [2.75, 3.05) is 13.2 Å². The van der Waals surface area contributed by atoms with E-state index in [1.165, 1.54) is 30.3 Å². The summed E-state index contributed by atoms with van der Waals surface area (Å²) < 4.78 is 275. The van der Waals surface area contributed by atoms with Crippen molar-refractivity contribution >= 4 is 43.3 Å². The topological polar surface area (TPSA) is 173 Å². The molecule has 3 aromatic carbocycles. The summed E-state index contributed by atoms with van der Waals surface area (Å²) in [5.74, 6) is -40.4. The molecular formula is C30H16F16N2O10S2. The molecule has 0 spiro atoms. The van der Waals surface area contributed by atoms with E-state index in [0.717, 1.165) is 6.08 Å². The fourth-order valence-corrected chi connectivity index (χ4v) is 7.04. The molecular weight excluding hydrogens is 916 g/mol. The number of nitro groups is 2. The molecule has 0 atom stereocenters. The van der Waals surface area contributed by atoms with Crippen molar-refractivity contribution in [1.29, 1.82) is 0 Å². The van der Waals surface area contributed by atoms with Gasteiger partial charge in [0.25, 0.3) is 31.6 Å². The third-order valence-electron chi connectivity index (χ3n) is 8.19. The quantitative estimate of drug-likeness (QED) is 0.0431. The molecule has 0 amide bonds. The first-order valence-corrected chi connectivity index (χ1v) is 18.0. The first-order chi connectivity index (χ1) is 27.1. The molecule has 0 aromatic heterocycles. The molecule has 330 valence electrons. The van der Waals surface area contributed by atoms with Crippen LogP contribution in [0.2, 0.25) is 0 Å². The van der Waals surface area contributed by atoms with E-state index in [1.54, 1.807) is 0 Å². The Hall–Kier alpha value is -5.10. The van der Waals surface area contributed by atoms with Gasteiger partial charge in [0, 0.05) is 12.1 Å². The van der Waals surface area contributed by atoms with Gasteiger partial charge in [-0.3, -0.25) is 28.6 Å². The molecule has 0 unspecified atom stereocenters. The lowest BCUT2D eigenvalue weighted by atomic mass is 10.0. The Balaban J connectivity index is 1.94. The van der Waals surface area contributed by atoms with Gasteiger partial charge in [-0.15, -0.1) is 0 Å². The van der Waals surface area contributed by atoms with E-state index >= 15 is 0 Å². The third kappa shape index (κ3) is 8.07. The molecule has 0 N–H and O–H groups in total. The van der Waals surface area contributed by atoms with Crippen LogP contribution >= 0.6 is 0 Å². The van der Waals surface area contributed by atoms with Crippen LogP contribution in [0, 0.1) is 20.2 Å². The summed E-state index contributed by atoms with van der Waals surface area (Å²) in [6.45, 7) is -6.64. The van der Waals surface area contributed by atoms with E-state index < -0.39 is 141 Å². The Morgan fingerprint density at radius 3 is 1.22 bits per heavy atom. The number of halogens is 16. The zero-order valence-electron chi connectivity index (χ0n) is 28.2. The zero-order chi connectivity index (χ0) is 46.0. The van der Waals surface area contributed by atoms with Crippen LogP contribution in [-0.4, -0.2) is 88.3 Å². The van der Waals surface area contributed by atoms with Crippen LogP contribution in [0.3, 0.4) is 0 Å². The molecule has 4 rings (SSSR count). The molecule has 0 saturated heterocycles. The number of hydrogen-bond acceptors (Lipinski definition) is 10. The maximum Gasteiger partial charge on any atom is 0.380 e. The van der Waals surface area contributed by atoms with Crippen LogP contribution in [0.15, 0.2) is 64.4 Å². The summed E-state index contributed by atoms with van der Waals surface area (Å²) in [6.07, 6.45) is -10.0. The predicted octanol–water partition coefficient (Wildman–Crippen LogP) is 8.82. The maximum atomic E-state index is 14.2. The van der Waals surface area contributed by atoms with Gasteiger partial charge in [0.1, 0.15) is 23.0 Å². The molecule has 0 heterocycles. The fourth-order valence-electron chi connectivity index (χ4n) is 5.13. The summed E-state index contributed by atoms with van der Waals surface area (Å²) in [5, 5.41) is 24.6. The van der Waals surface area contributed by atoms with Gasteiger partial charge in [-0.1, -0.05) is 30.3 Å². The highest BCUT2D eigenvalue weighted by Crippen LogP contribution is 2.55. The van der Waals surface area contributed by atoms with E-state index in [-0.39, 0.29) is 29.8 Å². The van der Waals surface area contributed by atoms with Crippen molar-refractivity contribution in [2.45, 2.75) is 58.2 Å². The highest BCUT2D eigenvalue weighted by Gasteiger charge is 2.76. The van der Waals surface area contributed by atoms with Crippen LogP contribution in [0.1, 0.15) is 16.7 Å². The van der Waals surface area contributed by atoms with Gasteiger partial charge >= 0.3 is 48.4 Å². The van der Waals surface area contributed by atoms with Crippen LogP contribution in [0.25, 0.3) is 22.8 Å². The first-order valence-electron chi connectivity index (χ1n) is 15.1. The molecule has 12 nitrogen and oxygen atoms in total. The van der Waals surface area contributed by atoms with Crippen molar-refractivity contribution < 1.29 is 105 Å². The van der Waals surface area contributed by atoms with E-state index in [1.807, 2.05) is 0 Å². The minimum absolute atomic E-state index is 0.0608. The molecule has 0 fully saturated rings. The molecule has 1 aliphatic carbocycles. The Kier molecular flexibility index (Phi) is 12.2. The normalized spacial score (nSPS) is 14.4. The maximum absolute atomic E-state index is 14.2. The van der Waals surface area contributed by atoms with Crippen molar-refractivity contribution in [2.24, 2.45) is 0 Å². The van der Waals surface area contributed by atoms with Gasteiger partial charge in [-0.2, -0.15) is 69.5 Å². The van der Waals surface area contributed by atoms with Crippen molar-refractivity contribution in [3.05, 3.63) is 91.5 Å². The summed E-state index contributed by atoms with van der Waals surface area (Å²) in [4.78, 5) is 18.1. The molecule has 1 aliphatic rings. The first kappa shape index (κ1) is 47.6. The predicted molar refractivity (Wildman–Crippen MR) is 167 cm³/mol. The third-order valence-corrected chi connectivity index (χ3v) is 10.7. The van der Waals surface area contributed by atoms with E-state index in [2.05, 4.69) is 8.37 Å². The molecule has 30 heteroatoms. The summed E-state index contributed by atoms with van der Waals surface area (Å²) in [7, 11) is -12.3. The van der Waals surface area contributed by atoms with Crippen molar-refractivity contribution in [1.82, 2.24) is 0 Å². The molecule has 0 aliphatic heterocycles. The van der Waals surface area contributed by atoms with Crippen molar-refractivity contribution in [3.8, 4) is 11.1 Å². The average molecular weight is 933 g/mol. The second-order valence-electron chi connectivity index (χ2n) is 12.1. The minimum atomic E-state index is -7.00. The number of nitrogens with zero attached hydrogens (tertiary/aromatic N) is 2. The number of benzene rings is 3. The molecule has 0 bridgehead atoms. The smallest absolute Gasteiger partial charge is 0.260 e. The second kappa shape index (κ2) is 15.4. The Bertz CT molecular complexity index is 2320. The standard InChI is InChI=1S/C30H16F16N2O10S2/c31-23(32)27(39,40)29(43,44)25(35,36)11-57-59(53,54)14-7-17-16(6-13-4-2-1-3-5-13)18-8-15(10-20(48(51)52)22(18)21(17)19(9-14)47(49)50)60(55,56)58-12-26(37,38)30(45,46)28(41,42)24(33)34/h1-10,23-24H,11-12H2. The van der Waals surface area contributed by atoms with Crippen LogP contribution < -0.4 is 0 Å². The van der Waals surface area contributed by atoms with Crippen LogP contribution in [-0.2, 0) is 28.6 Å². The number of nitro benzene ring substituents is 2. The van der Waals surface area contributed by atoms with Gasteiger partial charge < -0.3 is 0 Å². The second-order valence-corrected chi connectivity index (χ2v) is 15.3. The van der Waals surface area contributed by atoms with Gasteiger partial charge in [0.2, 0.25) is 0 Å². The van der Waals surface area contributed by atoms with Gasteiger partial charge in [0.05, 0.1) is 21.0 Å². The Labute approximate surface area is 322 Å². The highest BCUT2D eigenvalue weighted by atomic mass is 32.2. The lowest BCUT2D eigenvalue weighted by molar-refractivity contribution is -0.386. The van der Waals surface area contributed by atoms with Gasteiger partial charge in [-0.05, 0) is 40.5 Å². The number of rotatable bonds is 17. The van der Waals surface area contributed by atoms with Gasteiger partial charge in [-0.25, -0.2) is 17.6 Å². The highest BCUT2D eigenvalue weighted by molar-refractivity contribution is 7.87. The van der Waals surface area contributed by atoms with E-state index in [4.69, 9.17) is 0 Å². The fraction of sp³-hybridized carbons (Fsp3) is 0.333. The monoisotopic (exact) mass is 932 g/mol. The summed E-state index contributed by atoms with van der Waals surface area (Å²) in [6, 6.07) is 6.44. The average Bonchev–Trinajstić information content (AvgIpc) is 3.45. The van der Waals surface area contributed by atoms with Crippen LogP contribution in [0.4, 0.5) is 81.6 Å². The van der Waals surface area contributed by atoms with Crippen molar-refractivity contribution in [3.63, 3.8) is 0 Å². The van der Waals surface area contributed by atoms with Gasteiger partial charge in [0.15, 0.2) is 0 Å². The number of alkyl halides is 16. The summed E-state index contributed by atoms with van der Waals surface area (Å²) >= 11 is 0. The lowest BCUT2D eigenvalue weighted by Gasteiger charge is -2.31. The Morgan fingerprint density at radius 1 is 0.583 bits per heavy atom. The lowest BCUT2D eigenvalue weighted by Crippen LogP contribution is -2.59. The molecule has 0 saturated carbocycles. The Morgan fingerprint density at radius 2 is 0.917 bits per heavy atom.